The van der Waals surface area contributed by atoms with Gasteiger partial charge in [-0.1, -0.05) is 30.3 Å². The average Bonchev–Trinajstić information content (AvgIpc) is 2.90. The van der Waals surface area contributed by atoms with Crippen LogP contribution in [0.5, 0.6) is 0 Å². The maximum absolute atomic E-state index is 12.4. The van der Waals surface area contributed by atoms with Gasteiger partial charge in [-0.2, -0.15) is 11.8 Å². The van der Waals surface area contributed by atoms with Gasteiger partial charge in [-0.15, -0.1) is 0 Å². The van der Waals surface area contributed by atoms with Gasteiger partial charge >= 0.3 is 0 Å². The Bertz CT molecular complexity index is 546. The van der Waals surface area contributed by atoms with E-state index in [0.29, 0.717) is 25.9 Å². The third-order valence-electron chi connectivity index (χ3n) is 4.28. The standard InChI is InChI=1S/C17H23N3O2S/c21-16(10-14-12-23-9-7-18-14)19-15-6-8-20(17(15)22)11-13-4-2-1-3-5-13/h1-5,14-15,18H,6-12H2,(H,19,21). The zero-order valence-electron chi connectivity index (χ0n) is 13.2. The van der Waals surface area contributed by atoms with Gasteiger partial charge in [0.15, 0.2) is 0 Å². The predicted octanol–water partition coefficient (Wildman–Crippen LogP) is 0.999. The molecule has 124 valence electrons. The van der Waals surface area contributed by atoms with Gasteiger partial charge in [-0.05, 0) is 12.0 Å². The van der Waals surface area contributed by atoms with Crippen LogP contribution in [0.25, 0.3) is 0 Å². The molecule has 2 N–H and O–H groups in total. The summed E-state index contributed by atoms with van der Waals surface area (Å²) in [6.07, 6.45) is 1.15. The molecule has 2 amide bonds. The van der Waals surface area contributed by atoms with E-state index in [-0.39, 0.29) is 23.9 Å². The summed E-state index contributed by atoms with van der Waals surface area (Å²) < 4.78 is 0. The van der Waals surface area contributed by atoms with Gasteiger partial charge in [0.1, 0.15) is 6.04 Å². The van der Waals surface area contributed by atoms with Crippen molar-refractivity contribution in [2.24, 2.45) is 0 Å². The fraction of sp³-hybridized carbons (Fsp3) is 0.529. The van der Waals surface area contributed by atoms with Gasteiger partial charge in [-0.3, -0.25) is 9.59 Å². The lowest BCUT2D eigenvalue weighted by Gasteiger charge is -2.23. The summed E-state index contributed by atoms with van der Waals surface area (Å²) in [6.45, 7) is 2.28. The second kappa shape index (κ2) is 7.84. The summed E-state index contributed by atoms with van der Waals surface area (Å²) in [4.78, 5) is 26.4. The Morgan fingerprint density at radius 2 is 2.17 bits per heavy atom. The molecule has 2 unspecified atom stereocenters. The monoisotopic (exact) mass is 333 g/mol. The van der Waals surface area contributed by atoms with Gasteiger partial charge in [-0.25, -0.2) is 0 Å². The van der Waals surface area contributed by atoms with Crippen molar-refractivity contribution in [3.05, 3.63) is 35.9 Å². The second-order valence-corrected chi connectivity index (χ2v) is 7.23. The molecule has 0 spiro atoms. The number of nitrogens with zero attached hydrogens (tertiary/aromatic N) is 1. The lowest BCUT2D eigenvalue weighted by Crippen LogP contribution is -2.45. The molecule has 0 aliphatic carbocycles. The largest absolute Gasteiger partial charge is 0.344 e. The molecule has 0 aromatic heterocycles. The van der Waals surface area contributed by atoms with Crippen LogP contribution in [0, 0.1) is 0 Å². The van der Waals surface area contributed by atoms with Crippen LogP contribution in [0.3, 0.4) is 0 Å². The lowest BCUT2D eigenvalue weighted by molar-refractivity contribution is -0.133. The van der Waals surface area contributed by atoms with Crippen molar-refractivity contribution in [3.63, 3.8) is 0 Å². The second-order valence-electron chi connectivity index (χ2n) is 6.08. The summed E-state index contributed by atoms with van der Waals surface area (Å²) in [5, 5.41) is 6.26. The van der Waals surface area contributed by atoms with E-state index in [4.69, 9.17) is 0 Å². The number of amides is 2. The molecule has 6 heteroatoms. The summed E-state index contributed by atoms with van der Waals surface area (Å²) >= 11 is 1.87. The molecule has 2 aliphatic heterocycles. The fourth-order valence-corrected chi connectivity index (χ4v) is 4.01. The van der Waals surface area contributed by atoms with E-state index < -0.39 is 0 Å². The number of hydrogen-bond acceptors (Lipinski definition) is 4. The van der Waals surface area contributed by atoms with Crippen LogP contribution in [0.4, 0.5) is 0 Å². The van der Waals surface area contributed by atoms with E-state index in [1.165, 1.54) is 0 Å². The van der Waals surface area contributed by atoms with Crippen molar-refractivity contribution in [2.45, 2.75) is 31.5 Å². The Morgan fingerprint density at radius 3 is 2.91 bits per heavy atom. The van der Waals surface area contributed by atoms with Gasteiger partial charge < -0.3 is 15.5 Å². The Hall–Kier alpha value is -1.53. The van der Waals surface area contributed by atoms with E-state index in [0.717, 1.165) is 23.6 Å². The number of benzene rings is 1. The van der Waals surface area contributed by atoms with Crippen molar-refractivity contribution in [2.75, 3.05) is 24.6 Å². The highest BCUT2D eigenvalue weighted by Gasteiger charge is 2.33. The van der Waals surface area contributed by atoms with Gasteiger partial charge in [0.25, 0.3) is 0 Å². The third-order valence-corrected chi connectivity index (χ3v) is 5.41. The molecule has 2 aliphatic rings. The molecule has 2 saturated heterocycles. The van der Waals surface area contributed by atoms with Crippen LogP contribution >= 0.6 is 11.8 Å². The Balaban J connectivity index is 1.47. The molecular formula is C17H23N3O2S. The van der Waals surface area contributed by atoms with E-state index in [1.54, 1.807) is 0 Å². The molecule has 2 fully saturated rings. The summed E-state index contributed by atoms with van der Waals surface area (Å²) in [5.74, 6) is 2.08. The van der Waals surface area contributed by atoms with Crippen molar-refractivity contribution >= 4 is 23.6 Å². The number of hydrogen-bond donors (Lipinski definition) is 2. The first kappa shape index (κ1) is 16.3. The molecule has 5 nitrogen and oxygen atoms in total. The number of thioether (sulfide) groups is 1. The molecule has 2 atom stereocenters. The number of carbonyl (C=O) groups is 2. The minimum Gasteiger partial charge on any atom is -0.344 e. The molecule has 2 heterocycles. The Labute approximate surface area is 141 Å². The quantitative estimate of drug-likeness (QED) is 0.844. The summed E-state index contributed by atoms with van der Waals surface area (Å²) in [6, 6.07) is 9.83. The molecule has 1 aromatic carbocycles. The third kappa shape index (κ3) is 4.48. The zero-order chi connectivity index (χ0) is 16.1. The van der Waals surface area contributed by atoms with Crippen LogP contribution in [-0.4, -0.2) is 53.4 Å². The molecular weight excluding hydrogens is 310 g/mol. The average molecular weight is 333 g/mol. The normalized spacial score (nSPS) is 24.7. The van der Waals surface area contributed by atoms with Crippen molar-refractivity contribution in [1.29, 1.82) is 0 Å². The van der Waals surface area contributed by atoms with Crippen LogP contribution in [0.1, 0.15) is 18.4 Å². The molecule has 3 rings (SSSR count). The summed E-state index contributed by atoms with van der Waals surface area (Å²) in [7, 11) is 0. The highest BCUT2D eigenvalue weighted by Crippen LogP contribution is 2.16. The van der Waals surface area contributed by atoms with Crippen molar-refractivity contribution in [3.8, 4) is 0 Å². The minimum absolute atomic E-state index is 0.0232. The van der Waals surface area contributed by atoms with Crippen LogP contribution < -0.4 is 10.6 Å². The summed E-state index contributed by atoms with van der Waals surface area (Å²) in [5.41, 5.74) is 1.12. The first-order valence-corrected chi connectivity index (χ1v) is 9.31. The predicted molar refractivity (Wildman–Crippen MR) is 92.1 cm³/mol. The van der Waals surface area contributed by atoms with Crippen LogP contribution in [0.2, 0.25) is 0 Å². The maximum atomic E-state index is 12.4. The topological polar surface area (TPSA) is 61.4 Å². The molecule has 23 heavy (non-hydrogen) atoms. The van der Waals surface area contributed by atoms with E-state index in [9.17, 15) is 9.59 Å². The number of likely N-dealkylation sites (tertiary alicyclic amines) is 1. The highest BCUT2D eigenvalue weighted by atomic mass is 32.2. The van der Waals surface area contributed by atoms with Crippen molar-refractivity contribution < 1.29 is 9.59 Å². The first-order chi connectivity index (χ1) is 11.2. The fourth-order valence-electron chi connectivity index (χ4n) is 3.06. The van der Waals surface area contributed by atoms with Crippen LogP contribution in [0.15, 0.2) is 30.3 Å². The van der Waals surface area contributed by atoms with E-state index in [2.05, 4.69) is 10.6 Å². The SMILES string of the molecule is O=C(CC1CSCCN1)NC1CCN(Cc2ccccc2)C1=O. The van der Waals surface area contributed by atoms with Crippen LogP contribution in [-0.2, 0) is 16.1 Å². The van der Waals surface area contributed by atoms with Gasteiger partial charge in [0.05, 0.1) is 0 Å². The van der Waals surface area contributed by atoms with Gasteiger partial charge in [0, 0.05) is 43.6 Å². The van der Waals surface area contributed by atoms with Gasteiger partial charge in [0.2, 0.25) is 11.8 Å². The van der Waals surface area contributed by atoms with Crippen molar-refractivity contribution in [1.82, 2.24) is 15.5 Å². The number of nitrogens with one attached hydrogen (secondary N) is 2. The molecule has 0 radical (unpaired) electrons. The molecule has 0 bridgehead atoms. The molecule has 1 aromatic rings. The zero-order valence-corrected chi connectivity index (χ0v) is 14.0. The van der Waals surface area contributed by atoms with E-state index >= 15 is 0 Å². The van der Waals surface area contributed by atoms with E-state index in [1.807, 2.05) is 47.0 Å². The molecule has 0 saturated carbocycles. The lowest BCUT2D eigenvalue weighted by atomic mass is 10.2. The minimum atomic E-state index is -0.359. The Kier molecular flexibility index (Phi) is 5.56. The number of rotatable bonds is 5. The number of carbonyl (C=O) groups excluding carboxylic acids is 2. The Morgan fingerprint density at radius 1 is 1.35 bits per heavy atom. The first-order valence-electron chi connectivity index (χ1n) is 8.15. The smallest absolute Gasteiger partial charge is 0.245 e. The maximum Gasteiger partial charge on any atom is 0.245 e. The highest BCUT2D eigenvalue weighted by molar-refractivity contribution is 7.99.